The molecule has 0 unspecified atom stereocenters. The van der Waals surface area contributed by atoms with Crippen molar-refractivity contribution in [2.45, 2.75) is 63.8 Å². The van der Waals surface area contributed by atoms with Crippen molar-refractivity contribution in [2.24, 2.45) is 5.92 Å². The lowest BCUT2D eigenvalue weighted by Crippen LogP contribution is -2.64. The van der Waals surface area contributed by atoms with Crippen molar-refractivity contribution in [3.8, 4) is 11.9 Å². The second-order valence-corrected chi connectivity index (χ2v) is 11.9. The summed E-state index contributed by atoms with van der Waals surface area (Å²) in [5.41, 5.74) is 1.30. The number of hydrogen-bond acceptors (Lipinski definition) is 10. The molecule has 5 heterocycles. The van der Waals surface area contributed by atoms with E-state index in [4.69, 9.17) is 15.0 Å². The lowest BCUT2D eigenvalue weighted by molar-refractivity contribution is 0.0930. The van der Waals surface area contributed by atoms with Crippen molar-refractivity contribution >= 4 is 27.8 Å². The number of nitrogens with one attached hydrogen (secondary N) is 2. The van der Waals surface area contributed by atoms with Crippen LogP contribution in [0.2, 0.25) is 0 Å². The van der Waals surface area contributed by atoms with Gasteiger partial charge in [-0.2, -0.15) is 37.4 Å². The first-order valence-corrected chi connectivity index (χ1v) is 13.9. The molecule has 5 rings (SSSR count). The fraction of sp³-hybridized carbons (Fsp3) is 0.652. The van der Waals surface area contributed by atoms with E-state index in [9.17, 15) is 13.5 Å². The molecule has 0 radical (unpaired) electrons. The number of fused-ring (bicyclic) bond motifs is 2. The fourth-order valence-electron chi connectivity index (χ4n) is 5.60. The van der Waals surface area contributed by atoms with Crippen LogP contribution in [0.4, 0.5) is 17.6 Å². The van der Waals surface area contributed by atoms with Crippen molar-refractivity contribution < 1.29 is 18.3 Å². The van der Waals surface area contributed by atoms with Crippen LogP contribution in [0.3, 0.4) is 0 Å². The predicted octanol–water partition coefficient (Wildman–Crippen LogP) is 1.27. The van der Waals surface area contributed by atoms with Crippen LogP contribution in [0, 0.1) is 24.2 Å². The quantitative estimate of drug-likeness (QED) is 0.452. The molecule has 3 saturated heterocycles. The van der Waals surface area contributed by atoms with Crippen LogP contribution in [0.1, 0.15) is 43.4 Å². The van der Waals surface area contributed by atoms with Crippen molar-refractivity contribution in [1.29, 1.82) is 5.26 Å². The predicted molar refractivity (Wildman–Crippen MR) is 135 cm³/mol. The van der Waals surface area contributed by atoms with Gasteiger partial charge in [-0.3, -0.25) is 5.10 Å². The van der Waals surface area contributed by atoms with Gasteiger partial charge in [0.1, 0.15) is 5.82 Å². The number of aromatic amines is 1. The average molecular weight is 532 g/mol. The average Bonchev–Trinajstić information content (AvgIpc) is 3.30. The summed E-state index contributed by atoms with van der Waals surface area (Å²) in [6, 6.07) is 3.71. The molecule has 3 N–H and O–H groups in total. The minimum atomic E-state index is -3.59. The molecule has 3 atom stereocenters. The van der Waals surface area contributed by atoms with Crippen molar-refractivity contribution in [3.05, 3.63) is 17.3 Å². The molecule has 3 fully saturated rings. The molecule has 2 bridgehead atoms. The highest BCUT2D eigenvalue weighted by Gasteiger charge is 2.50. The second-order valence-electron chi connectivity index (χ2n) is 10.0. The molecule has 0 spiro atoms. The largest absolute Gasteiger partial charge is 0.481 e. The van der Waals surface area contributed by atoms with Crippen molar-refractivity contribution in [1.82, 2.24) is 28.8 Å². The third-order valence-electron chi connectivity index (χ3n) is 7.70. The van der Waals surface area contributed by atoms with Crippen molar-refractivity contribution in [3.63, 3.8) is 0 Å². The Bertz CT molecular complexity index is 1270. The van der Waals surface area contributed by atoms with Gasteiger partial charge in [0.05, 0.1) is 37.0 Å². The number of H-pyrrole nitrogens is 1. The molecule has 0 amide bonds. The Labute approximate surface area is 216 Å². The molecule has 2 aromatic heterocycles. The summed E-state index contributed by atoms with van der Waals surface area (Å²) in [7, 11) is -0.0995. The molecule has 13 nitrogen and oxygen atoms in total. The van der Waals surface area contributed by atoms with Gasteiger partial charge in [-0.1, -0.05) is 6.42 Å². The summed E-state index contributed by atoms with van der Waals surface area (Å²) in [6.07, 6.45) is 3.97. The maximum atomic E-state index is 13.4. The van der Waals surface area contributed by atoms with Crippen LogP contribution in [-0.2, 0) is 16.8 Å². The van der Waals surface area contributed by atoms with E-state index in [0.29, 0.717) is 42.0 Å². The zero-order valence-corrected chi connectivity index (χ0v) is 22.1. The van der Waals surface area contributed by atoms with E-state index in [0.717, 1.165) is 24.8 Å². The van der Waals surface area contributed by atoms with Crippen LogP contribution in [0.5, 0.6) is 5.88 Å². The van der Waals surface area contributed by atoms with Gasteiger partial charge in [0, 0.05) is 44.3 Å². The van der Waals surface area contributed by atoms with Crippen LogP contribution in [0.25, 0.3) is 0 Å². The SMILES string of the molecule is COc1nc(N(C)[C@@H]2C[C@H]3CCC[C@@H](C2)N3S(=O)(=O)N2CC(C#N)C2)nc(Nc2cc(CO)[nH]n2)c1C. The number of rotatable bonds is 8. The summed E-state index contributed by atoms with van der Waals surface area (Å²) in [5, 5.41) is 28.5. The van der Waals surface area contributed by atoms with Crippen LogP contribution in [-0.4, -0.2) is 87.7 Å². The molecule has 0 aromatic carbocycles. The lowest BCUT2D eigenvalue weighted by atomic mass is 9.83. The van der Waals surface area contributed by atoms with Crippen LogP contribution >= 0.6 is 0 Å². The van der Waals surface area contributed by atoms with Crippen LogP contribution < -0.4 is 15.0 Å². The van der Waals surface area contributed by atoms with Gasteiger partial charge in [0.25, 0.3) is 10.2 Å². The normalized spacial score (nSPS) is 24.8. The number of aromatic nitrogens is 4. The first-order valence-electron chi connectivity index (χ1n) is 12.5. The van der Waals surface area contributed by atoms with Gasteiger partial charge in [-0.25, -0.2) is 0 Å². The van der Waals surface area contributed by atoms with Gasteiger partial charge in [0.15, 0.2) is 5.82 Å². The Kier molecular flexibility index (Phi) is 6.97. The number of aliphatic hydroxyl groups is 1. The molecular formula is C23H33N9O4S. The Hall–Kier alpha value is -2.99. The number of nitrogens with zero attached hydrogens (tertiary/aromatic N) is 7. The molecule has 0 aliphatic carbocycles. The van der Waals surface area contributed by atoms with E-state index in [1.165, 1.54) is 4.31 Å². The topological polar surface area (TPSA) is 164 Å². The standard InChI is InChI=1S/C23H33N9O4S/c1-14-21(25-20-7-16(13-33)28-29-20)26-23(27-22(14)36-3)30(2)19-8-17-5-4-6-18(9-19)32(17)37(34,35)31-11-15(10-24)12-31/h7,15,17-19,33H,4-6,8-9,11-13H2,1-3H3,(H2,25,26,27,28,29)/t17-,18+,19-. The number of nitriles is 1. The number of ether oxygens (including phenoxy) is 1. The number of piperidine rings is 2. The zero-order valence-electron chi connectivity index (χ0n) is 21.3. The molecule has 0 saturated carbocycles. The Morgan fingerprint density at radius 3 is 2.59 bits per heavy atom. The van der Waals surface area contributed by atoms with E-state index < -0.39 is 10.2 Å². The van der Waals surface area contributed by atoms with Gasteiger partial charge < -0.3 is 20.1 Å². The highest BCUT2D eigenvalue weighted by molar-refractivity contribution is 7.86. The second kappa shape index (κ2) is 10.1. The lowest BCUT2D eigenvalue weighted by Gasteiger charge is -2.51. The zero-order chi connectivity index (χ0) is 26.3. The van der Waals surface area contributed by atoms with E-state index in [2.05, 4.69) is 26.6 Å². The van der Waals surface area contributed by atoms with Gasteiger partial charge in [0.2, 0.25) is 11.8 Å². The van der Waals surface area contributed by atoms with E-state index in [1.807, 2.05) is 18.9 Å². The Morgan fingerprint density at radius 1 is 1.30 bits per heavy atom. The highest BCUT2D eigenvalue weighted by Crippen LogP contribution is 2.40. The van der Waals surface area contributed by atoms with Crippen molar-refractivity contribution in [2.75, 3.05) is 37.5 Å². The number of anilines is 3. The summed E-state index contributed by atoms with van der Waals surface area (Å²) in [6.45, 7) is 2.26. The van der Waals surface area contributed by atoms with Gasteiger partial charge in [-0.15, -0.1) is 0 Å². The minimum absolute atomic E-state index is 0.0524. The molecule has 200 valence electrons. The Balaban J connectivity index is 1.36. The fourth-order valence-corrected chi connectivity index (χ4v) is 7.74. The number of aliphatic hydroxyl groups excluding tert-OH is 1. The highest BCUT2D eigenvalue weighted by atomic mass is 32.2. The molecule has 3 aliphatic heterocycles. The molecule has 2 aromatic rings. The molecule has 37 heavy (non-hydrogen) atoms. The summed E-state index contributed by atoms with van der Waals surface area (Å²) >= 11 is 0. The number of methoxy groups -OCH3 is 1. The monoisotopic (exact) mass is 531 g/mol. The van der Waals surface area contributed by atoms with Crippen LogP contribution in [0.15, 0.2) is 6.07 Å². The summed E-state index contributed by atoms with van der Waals surface area (Å²) < 4.78 is 35.5. The maximum Gasteiger partial charge on any atom is 0.282 e. The third kappa shape index (κ3) is 4.72. The van der Waals surface area contributed by atoms with Gasteiger partial charge >= 0.3 is 0 Å². The Morgan fingerprint density at radius 2 is 2.00 bits per heavy atom. The summed E-state index contributed by atoms with van der Waals surface area (Å²) in [4.78, 5) is 11.4. The number of hydrogen-bond donors (Lipinski definition) is 3. The third-order valence-corrected chi connectivity index (χ3v) is 9.78. The molecule has 3 aliphatic rings. The smallest absolute Gasteiger partial charge is 0.282 e. The molecule has 14 heteroatoms. The summed E-state index contributed by atoms with van der Waals surface area (Å²) in [5.74, 6) is 1.74. The molecular weight excluding hydrogens is 498 g/mol. The minimum Gasteiger partial charge on any atom is -0.481 e. The van der Waals surface area contributed by atoms with E-state index >= 15 is 0 Å². The maximum absolute atomic E-state index is 13.4. The van der Waals surface area contributed by atoms with E-state index in [-0.39, 0.29) is 43.7 Å². The first kappa shape index (κ1) is 25.7. The van der Waals surface area contributed by atoms with Gasteiger partial charge in [-0.05, 0) is 32.6 Å². The van der Waals surface area contributed by atoms with E-state index in [1.54, 1.807) is 17.5 Å². The first-order chi connectivity index (χ1) is 17.7.